The van der Waals surface area contributed by atoms with E-state index in [9.17, 15) is 9.59 Å². The average Bonchev–Trinajstić information content (AvgIpc) is 2.98. The number of fused-ring (bicyclic) bond motifs is 2. The van der Waals surface area contributed by atoms with E-state index < -0.39 is 0 Å². The van der Waals surface area contributed by atoms with E-state index in [2.05, 4.69) is 11.5 Å². The van der Waals surface area contributed by atoms with Crippen LogP contribution in [0.1, 0.15) is 67.7 Å². The van der Waals surface area contributed by atoms with Crippen LogP contribution in [0, 0.1) is 0 Å². The van der Waals surface area contributed by atoms with Crippen LogP contribution in [0.5, 0.6) is 5.75 Å². The first-order chi connectivity index (χ1) is 11.2. The number of piperidine rings is 1. The lowest BCUT2D eigenvalue weighted by molar-refractivity contribution is 0.0422. The number of hydrogen-bond acceptors (Lipinski definition) is 3. The number of pyridine rings is 1. The van der Waals surface area contributed by atoms with Gasteiger partial charge in [-0.1, -0.05) is 13.3 Å². The van der Waals surface area contributed by atoms with Crippen molar-refractivity contribution in [1.29, 1.82) is 0 Å². The van der Waals surface area contributed by atoms with Crippen LogP contribution in [0.25, 0.3) is 0 Å². The molecule has 0 N–H and O–H groups in total. The number of aromatic nitrogens is 1. The summed E-state index contributed by atoms with van der Waals surface area (Å²) in [5.74, 6) is 0.279. The number of amides is 1. The van der Waals surface area contributed by atoms with Crippen molar-refractivity contribution in [3.8, 4) is 5.75 Å². The Labute approximate surface area is 136 Å². The molecule has 3 aliphatic heterocycles. The lowest BCUT2D eigenvalue weighted by atomic mass is 9.91. The van der Waals surface area contributed by atoms with Crippen LogP contribution >= 0.6 is 0 Å². The van der Waals surface area contributed by atoms with E-state index in [1.807, 2.05) is 4.90 Å². The van der Waals surface area contributed by atoms with E-state index >= 15 is 0 Å². The summed E-state index contributed by atoms with van der Waals surface area (Å²) in [6.07, 6.45) is 7.14. The zero-order chi connectivity index (χ0) is 16.0. The fourth-order valence-corrected chi connectivity index (χ4v) is 4.42. The van der Waals surface area contributed by atoms with Gasteiger partial charge in [-0.3, -0.25) is 9.59 Å². The molecule has 0 aromatic carbocycles. The Morgan fingerprint density at radius 1 is 1.22 bits per heavy atom. The van der Waals surface area contributed by atoms with E-state index in [1.54, 1.807) is 6.07 Å². The van der Waals surface area contributed by atoms with Crippen molar-refractivity contribution in [3.63, 3.8) is 0 Å². The molecule has 1 saturated heterocycles. The largest absolute Gasteiger partial charge is 0.487 e. The summed E-state index contributed by atoms with van der Waals surface area (Å²) in [7, 11) is 0. The van der Waals surface area contributed by atoms with Gasteiger partial charge in [-0.05, 0) is 38.5 Å². The van der Waals surface area contributed by atoms with Gasteiger partial charge in [0, 0.05) is 18.3 Å². The van der Waals surface area contributed by atoms with Crippen molar-refractivity contribution in [2.24, 2.45) is 0 Å². The molecule has 2 atom stereocenters. The third-order valence-electron chi connectivity index (χ3n) is 5.52. The van der Waals surface area contributed by atoms with E-state index in [1.165, 1.54) is 6.42 Å². The van der Waals surface area contributed by atoms with Gasteiger partial charge in [-0.25, -0.2) is 0 Å². The second-order valence-corrected chi connectivity index (χ2v) is 6.92. The van der Waals surface area contributed by atoms with Crippen LogP contribution in [-0.4, -0.2) is 34.6 Å². The average molecular weight is 316 g/mol. The zero-order valence-electron chi connectivity index (χ0n) is 13.7. The molecule has 4 rings (SSSR count). The lowest BCUT2D eigenvalue weighted by Gasteiger charge is -2.44. The van der Waals surface area contributed by atoms with E-state index in [0.29, 0.717) is 24.4 Å². The van der Waals surface area contributed by atoms with Crippen LogP contribution in [-0.2, 0) is 6.42 Å². The molecule has 3 aliphatic rings. The number of rotatable bonds is 4. The number of aryl methyl sites for hydroxylation is 1. The minimum Gasteiger partial charge on any atom is -0.487 e. The maximum Gasteiger partial charge on any atom is 0.274 e. The number of unbranched alkanes of at least 4 members (excludes halogenated alkanes) is 1. The van der Waals surface area contributed by atoms with Crippen LogP contribution < -0.4 is 10.2 Å². The van der Waals surface area contributed by atoms with Gasteiger partial charge in [0.25, 0.3) is 5.91 Å². The van der Waals surface area contributed by atoms with Crippen molar-refractivity contribution in [1.82, 2.24) is 9.47 Å². The van der Waals surface area contributed by atoms with E-state index in [0.717, 1.165) is 50.8 Å². The molecule has 0 aliphatic carbocycles. The molecule has 124 valence electrons. The third-order valence-corrected chi connectivity index (χ3v) is 5.52. The Hall–Kier alpha value is -1.78. The first-order valence-electron chi connectivity index (χ1n) is 8.94. The minimum atomic E-state index is -0.133. The van der Waals surface area contributed by atoms with Gasteiger partial charge in [0.2, 0.25) is 5.43 Å². The van der Waals surface area contributed by atoms with Gasteiger partial charge < -0.3 is 14.2 Å². The first kappa shape index (κ1) is 14.8. The predicted octanol–water partition coefficient (Wildman–Crippen LogP) is 2.52. The predicted molar refractivity (Wildman–Crippen MR) is 87.1 cm³/mol. The molecule has 1 amide bonds. The monoisotopic (exact) mass is 316 g/mol. The standard InChI is InChI=1S/C18H24N2O3/c1-2-3-10-23-17-15(21)11-12-7-8-14-13-6-4-5-9-19(13)18(22)16(17)20(12)14/h11,13-14H,2-10H2,1H3. The van der Waals surface area contributed by atoms with Crippen molar-refractivity contribution in [3.05, 3.63) is 27.7 Å². The van der Waals surface area contributed by atoms with Crippen LogP contribution in [0.4, 0.5) is 0 Å². The number of carbonyl (C=O) groups excluding carboxylic acids is 1. The molecular weight excluding hydrogens is 292 g/mol. The topological polar surface area (TPSA) is 51.5 Å². The fourth-order valence-electron chi connectivity index (χ4n) is 4.42. The maximum absolute atomic E-state index is 13.1. The van der Waals surface area contributed by atoms with Crippen molar-refractivity contribution < 1.29 is 9.53 Å². The number of carbonyl (C=O) groups is 1. The highest BCUT2D eigenvalue weighted by Crippen LogP contribution is 2.42. The summed E-state index contributed by atoms with van der Waals surface area (Å²) in [5, 5.41) is 0. The molecule has 0 radical (unpaired) electrons. The Balaban J connectivity index is 1.82. The normalized spacial score (nSPS) is 25.3. The molecule has 5 nitrogen and oxygen atoms in total. The number of hydrogen-bond donors (Lipinski definition) is 0. The first-order valence-corrected chi connectivity index (χ1v) is 8.94. The highest BCUT2D eigenvalue weighted by Gasteiger charge is 2.45. The second kappa shape index (κ2) is 5.69. The van der Waals surface area contributed by atoms with Crippen LogP contribution in [0.3, 0.4) is 0 Å². The van der Waals surface area contributed by atoms with Crippen molar-refractivity contribution in [2.45, 2.75) is 64.0 Å². The van der Waals surface area contributed by atoms with E-state index in [-0.39, 0.29) is 17.1 Å². The maximum atomic E-state index is 13.1. The molecule has 23 heavy (non-hydrogen) atoms. The Morgan fingerprint density at radius 2 is 2.09 bits per heavy atom. The molecule has 5 heteroatoms. The van der Waals surface area contributed by atoms with Gasteiger partial charge in [0.15, 0.2) is 11.4 Å². The third kappa shape index (κ3) is 2.20. The van der Waals surface area contributed by atoms with Crippen LogP contribution in [0.15, 0.2) is 10.9 Å². The molecule has 0 saturated carbocycles. The summed E-state index contributed by atoms with van der Waals surface area (Å²) in [6.45, 7) is 3.40. The minimum absolute atomic E-state index is 0.00158. The Bertz CT molecular complexity index is 694. The van der Waals surface area contributed by atoms with Crippen LogP contribution in [0.2, 0.25) is 0 Å². The number of nitrogens with zero attached hydrogens (tertiary/aromatic N) is 2. The molecular formula is C18H24N2O3. The van der Waals surface area contributed by atoms with Gasteiger partial charge in [0.05, 0.1) is 18.7 Å². The summed E-state index contributed by atoms with van der Waals surface area (Å²) in [5.41, 5.74) is 1.40. The summed E-state index contributed by atoms with van der Waals surface area (Å²) in [6, 6.07) is 2.32. The molecule has 1 fully saturated rings. The lowest BCUT2D eigenvalue weighted by Crippen LogP contribution is -2.53. The Kier molecular flexibility index (Phi) is 3.66. The van der Waals surface area contributed by atoms with E-state index in [4.69, 9.17) is 4.74 Å². The van der Waals surface area contributed by atoms with Crippen molar-refractivity contribution in [2.75, 3.05) is 13.2 Å². The fraction of sp³-hybridized carbons (Fsp3) is 0.667. The van der Waals surface area contributed by atoms with Gasteiger partial charge in [-0.15, -0.1) is 0 Å². The molecule has 4 heterocycles. The van der Waals surface area contributed by atoms with Gasteiger partial charge in [0.1, 0.15) is 0 Å². The zero-order valence-corrected chi connectivity index (χ0v) is 13.7. The molecule has 0 bridgehead atoms. The summed E-state index contributed by atoms with van der Waals surface area (Å²) >= 11 is 0. The van der Waals surface area contributed by atoms with Gasteiger partial charge in [-0.2, -0.15) is 0 Å². The quantitative estimate of drug-likeness (QED) is 0.802. The number of ether oxygens (including phenoxy) is 1. The molecule has 0 spiro atoms. The summed E-state index contributed by atoms with van der Waals surface area (Å²) in [4.78, 5) is 27.6. The molecule has 2 unspecified atom stereocenters. The highest BCUT2D eigenvalue weighted by molar-refractivity contribution is 5.96. The highest BCUT2D eigenvalue weighted by atomic mass is 16.5. The molecule has 1 aromatic heterocycles. The van der Waals surface area contributed by atoms with Crippen molar-refractivity contribution >= 4 is 5.91 Å². The SMILES string of the molecule is CCCCOc1c2n3c(cc1=O)CCC3C1CCCCN1C2=O. The molecule has 1 aromatic rings. The Morgan fingerprint density at radius 3 is 2.91 bits per heavy atom. The van der Waals surface area contributed by atoms with Gasteiger partial charge >= 0.3 is 0 Å². The smallest absolute Gasteiger partial charge is 0.274 e. The summed E-state index contributed by atoms with van der Waals surface area (Å²) < 4.78 is 7.91. The second-order valence-electron chi connectivity index (χ2n) is 6.92.